The Labute approximate surface area is 701 Å². The largest absolute Gasteiger partial charge is 0.452 e. The minimum Gasteiger partial charge on any atom is -0.452 e. The van der Waals surface area contributed by atoms with Crippen LogP contribution in [-0.2, 0) is 35.2 Å². The van der Waals surface area contributed by atoms with Crippen LogP contribution in [0.1, 0.15) is 44.9 Å². The lowest BCUT2D eigenvalue weighted by molar-refractivity contribution is -0.663. The molecule has 25 aromatic rings. The Hall–Kier alpha value is -15.7. The van der Waals surface area contributed by atoms with Gasteiger partial charge < -0.3 is 44.2 Å². The van der Waals surface area contributed by atoms with E-state index in [0.29, 0.717) is 0 Å². The van der Waals surface area contributed by atoms with Crippen molar-refractivity contribution in [2.75, 3.05) is 0 Å². The number of para-hydroxylation sites is 5. The fourth-order valence-corrected chi connectivity index (χ4v) is 17.0. The van der Waals surface area contributed by atoms with Gasteiger partial charge in [0.05, 0.1) is 131 Å². The molecule has 0 aliphatic rings. The van der Waals surface area contributed by atoms with E-state index in [0.717, 1.165) is 267 Å². The Balaban J connectivity index is 0.0000000945. The maximum absolute atomic E-state index is 6.32. The molecule has 25 rings (SSSR count). The lowest BCUT2D eigenvalue weighted by Gasteiger charge is -2.04. The minimum atomic E-state index is 0.797. The molecule has 0 amide bonds. The lowest BCUT2D eigenvalue weighted by atomic mass is 10.0. The molecule has 598 valence electrons. The van der Waals surface area contributed by atoms with Crippen LogP contribution in [0.4, 0.5) is 0 Å². The second-order valence-corrected chi connectivity index (χ2v) is 31.6. The van der Waals surface area contributed by atoms with E-state index >= 15 is 0 Å². The van der Waals surface area contributed by atoms with Gasteiger partial charge in [0, 0.05) is 51.1 Å². The Kier molecular flexibility index (Phi) is 17.9. The monoisotopic (exact) mass is 1620 g/mol. The summed E-state index contributed by atoms with van der Waals surface area (Å²) in [5.74, 6) is 4.50. The summed E-state index contributed by atoms with van der Waals surface area (Å²) in [5.41, 5.74) is 30.2. The smallest absolute Gasteiger partial charge is 0.334 e. The molecule has 20 nitrogen and oxygen atoms in total. The zero-order valence-corrected chi connectivity index (χ0v) is 69.8. The lowest BCUT2D eigenvalue weighted by Crippen LogP contribution is -2.32. The van der Waals surface area contributed by atoms with Crippen LogP contribution in [-0.4, -0.2) is 24.9 Å². The van der Waals surface area contributed by atoms with Crippen molar-refractivity contribution < 1.29 is 67.0 Å². The maximum atomic E-state index is 6.32. The summed E-state index contributed by atoms with van der Waals surface area (Å²) in [6.07, 6.45) is 13.7. The Morgan fingerprint density at radius 3 is 0.821 bits per heavy atom. The van der Waals surface area contributed by atoms with Crippen LogP contribution in [0.3, 0.4) is 0 Å². The number of furan rings is 10. The van der Waals surface area contributed by atoms with Crippen molar-refractivity contribution in [3.63, 3.8) is 0 Å². The minimum absolute atomic E-state index is 0.797. The Morgan fingerprint density at radius 1 is 0.203 bits per heavy atom. The summed E-state index contributed by atoms with van der Waals surface area (Å²) in [6, 6.07) is 70.5. The third-order valence-electron chi connectivity index (χ3n) is 23.2. The van der Waals surface area contributed by atoms with Crippen LogP contribution in [0.15, 0.2) is 300 Å². The van der Waals surface area contributed by atoms with Crippen LogP contribution in [0.25, 0.3) is 222 Å². The molecule has 15 aromatic heterocycles. The van der Waals surface area contributed by atoms with E-state index in [4.69, 9.17) is 59.1 Å². The van der Waals surface area contributed by atoms with Crippen molar-refractivity contribution in [2.45, 2.75) is 55.4 Å². The van der Waals surface area contributed by atoms with Crippen molar-refractivity contribution in [1.29, 1.82) is 0 Å². The zero-order chi connectivity index (χ0) is 83.9. The highest BCUT2D eigenvalue weighted by molar-refractivity contribution is 6.19. The van der Waals surface area contributed by atoms with Crippen molar-refractivity contribution in [3.8, 4) is 56.9 Å². The highest BCUT2D eigenvalue weighted by Gasteiger charge is 2.31. The predicted molar refractivity (Wildman–Crippen MR) is 477 cm³/mol. The summed E-state index contributed by atoms with van der Waals surface area (Å²) in [6.45, 7) is 16.4. The molecule has 0 fully saturated rings. The number of fused-ring (bicyclic) bond motifs is 25. The van der Waals surface area contributed by atoms with Gasteiger partial charge in [-0.05, 0) is 190 Å². The van der Waals surface area contributed by atoms with E-state index in [9.17, 15) is 0 Å². The molecule has 20 heteroatoms. The van der Waals surface area contributed by atoms with E-state index in [1.165, 1.54) is 0 Å². The van der Waals surface area contributed by atoms with E-state index in [1.807, 2.05) is 261 Å². The molecule has 15 heterocycles. The van der Waals surface area contributed by atoms with Crippen molar-refractivity contribution in [3.05, 3.63) is 301 Å². The van der Waals surface area contributed by atoms with Gasteiger partial charge in [0.15, 0.2) is 89.7 Å². The topological polar surface area (TPSA) is 215 Å². The van der Waals surface area contributed by atoms with E-state index < -0.39 is 0 Å². The summed E-state index contributed by atoms with van der Waals surface area (Å²) >= 11 is 0. The second kappa shape index (κ2) is 29.4. The first kappa shape index (κ1) is 74.8. The van der Waals surface area contributed by atoms with Crippen LogP contribution in [0, 0.1) is 55.4 Å². The molecule has 0 saturated carbocycles. The predicted octanol–water partition coefficient (Wildman–Crippen LogP) is 23.6. The molecule has 0 aliphatic carbocycles. The maximum Gasteiger partial charge on any atom is 0.334 e. The van der Waals surface area contributed by atoms with Gasteiger partial charge in [0.1, 0.15) is 68.2 Å². The van der Waals surface area contributed by atoms with Gasteiger partial charge >= 0.3 is 29.1 Å². The number of aromatic nitrogens is 10. The first-order valence-corrected chi connectivity index (χ1v) is 40.7. The molecule has 0 saturated heterocycles. The molecule has 0 N–H and O–H groups in total. The molecule has 0 unspecified atom stereocenters. The third-order valence-corrected chi connectivity index (χ3v) is 23.2. The van der Waals surface area contributed by atoms with Gasteiger partial charge in [-0.3, -0.25) is 0 Å². The quantitative estimate of drug-likeness (QED) is 0.146. The molecule has 0 atom stereocenters. The second-order valence-electron chi connectivity index (χ2n) is 31.6. The average molecular weight is 1620 g/mol. The summed E-state index contributed by atoms with van der Waals surface area (Å²) < 4.78 is 71.5. The summed E-state index contributed by atoms with van der Waals surface area (Å²) in [7, 11) is 9.99. The average Bonchev–Trinajstić information content (AvgIpc) is 1.59. The fourth-order valence-electron chi connectivity index (χ4n) is 17.0. The van der Waals surface area contributed by atoms with Gasteiger partial charge in [0.25, 0.3) is 0 Å². The van der Waals surface area contributed by atoms with Gasteiger partial charge in [-0.25, -0.2) is 22.8 Å². The fraction of sp³-hybridized carbons (Fsp3) is 0.126. The standard InChI is InChI=1S/3C21H17N2O2.2C20H15N2O2/c1-12-10-16-18(11-15(12)21-22-13(2)8-9-23(21)3)25-19-14-6-4-5-7-17(14)24-20(16)19;2*1-12-8-9-15-18(17(12)21-22-13(2)10-11-23(21)3)25-19-14-6-4-5-7-16(14)24-20(15)19;1-12-8-9-14-17(16(12)20-21-10-5-11-22(20)2)24-18-13-6-3-4-7-15(13)23-19(14)18;1-12-10-15-17(11-14(12)20-21-8-5-9-22(20)2)24-18-13-6-3-4-7-16(13)23-19(15)18/h3*4-11H,1-3H3;2*3-11H,1-2H3/q5*+1. The molecule has 0 bridgehead atoms. The van der Waals surface area contributed by atoms with Gasteiger partial charge in [-0.15, -0.1) is 0 Å². The molecule has 0 radical (unpaired) electrons. The summed E-state index contributed by atoms with van der Waals surface area (Å²) in [4.78, 5) is 23.2. The van der Waals surface area contributed by atoms with Gasteiger partial charge in [-0.1, -0.05) is 78.9 Å². The molecular weight excluding hydrogens is 1540 g/mol. The SMILES string of the molecule is Cc1cc2c(cc1-c1nccc[n+]1C)oc1c3ccccc3oc21.Cc1cc[n+](C)c(-c2c(C)ccc3c2oc2c4ccccc4oc32)n1.Cc1cc[n+](C)c(-c2c(C)ccc3c2oc2c4ccccc4oc32)n1.Cc1cc[n+](C)c(-c2cc3oc4c5ccccc5oc4c3cc2C)n1.Cc1ccc2c(oc3c4ccccc4oc23)c1-c1nccc[n+]1C. The van der Waals surface area contributed by atoms with Gasteiger partial charge in [0.2, 0.25) is 0 Å². The van der Waals surface area contributed by atoms with Gasteiger partial charge in [-0.2, -0.15) is 0 Å². The third kappa shape index (κ3) is 12.6. The van der Waals surface area contributed by atoms with Crippen LogP contribution >= 0.6 is 0 Å². The number of aryl methyl sites for hydroxylation is 13. The van der Waals surface area contributed by atoms with Crippen molar-refractivity contribution in [1.82, 2.24) is 24.9 Å². The first-order valence-electron chi connectivity index (χ1n) is 40.7. The number of hydrogen-bond acceptors (Lipinski definition) is 15. The highest BCUT2D eigenvalue weighted by Crippen LogP contribution is 2.46. The zero-order valence-electron chi connectivity index (χ0n) is 69.8. The number of nitrogens with zero attached hydrogens (tertiary/aromatic N) is 10. The normalized spacial score (nSPS) is 11.8. The molecule has 10 aromatic carbocycles. The Morgan fingerprint density at radius 2 is 0.472 bits per heavy atom. The van der Waals surface area contributed by atoms with E-state index in [1.54, 1.807) is 12.4 Å². The Bertz CT molecular complexity index is 8410. The molecule has 0 aliphatic heterocycles. The summed E-state index contributed by atoms with van der Waals surface area (Å²) in [5, 5.41) is 9.95. The van der Waals surface area contributed by atoms with Crippen molar-refractivity contribution in [2.24, 2.45) is 35.2 Å². The van der Waals surface area contributed by atoms with Crippen LogP contribution < -0.4 is 22.8 Å². The molecule has 123 heavy (non-hydrogen) atoms. The van der Waals surface area contributed by atoms with E-state index in [-0.39, 0.29) is 0 Å². The number of hydrogen-bond donors (Lipinski definition) is 0. The number of rotatable bonds is 5. The van der Waals surface area contributed by atoms with Crippen LogP contribution in [0.5, 0.6) is 0 Å². The van der Waals surface area contributed by atoms with Crippen molar-refractivity contribution >= 4 is 166 Å². The van der Waals surface area contributed by atoms with E-state index in [2.05, 4.69) is 105 Å². The number of benzene rings is 10. The molecule has 0 spiro atoms. The highest BCUT2D eigenvalue weighted by atomic mass is 16.4. The first-order chi connectivity index (χ1) is 59.8. The van der Waals surface area contributed by atoms with Crippen LogP contribution in [0.2, 0.25) is 0 Å². The molecular formula is C103H81N10O10+5.